The zero-order valence-electron chi connectivity index (χ0n) is 7.16. The fourth-order valence-electron chi connectivity index (χ4n) is 1.41. The largest absolute Gasteiger partial charge is 0.399 e. The molecular formula is C9H11N3O. The number of benzene rings is 1. The standard InChI is InChI=1S/C9H11N3O/c10-7-2-1-3-8(6-7)12-5-4-11-9(12)13/h1-3,6H,4-5,10H2,(H,11,13). The van der Waals surface area contributed by atoms with Crippen molar-refractivity contribution in [2.75, 3.05) is 23.7 Å². The first-order valence-electron chi connectivity index (χ1n) is 4.18. The summed E-state index contributed by atoms with van der Waals surface area (Å²) in [5, 5.41) is 2.73. The van der Waals surface area contributed by atoms with E-state index in [1.165, 1.54) is 0 Å². The van der Waals surface area contributed by atoms with E-state index in [2.05, 4.69) is 5.32 Å². The fraction of sp³-hybridized carbons (Fsp3) is 0.222. The van der Waals surface area contributed by atoms with Crippen molar-refractivity contribution in [2.45, 2.75) is 0 Å². The molecule has 2 rings (SSSR count). The Bertz CT molecular complexity index is 337. The Morgan fingerprint density at radius 1 is 1.46 bits per heavy atom. The van der Waals surface area contributed by atoms with Gasteiger partial charge in [-0.2, -0.15) is 0 Å². The number of carbonyl (C=O) groups is 1. The van der Waals surface area contributed by atoms with E-state index in [1.807, 2.05) is 12.1 Å². The molecule has 1 heterocycles. The van der Waals surface area contributed by atoms with Crippen LogP contribution in [0, 0.1) is 0 Å². The Balaban J connectivity index is 2.29. The molecule has 1 aromatic rings. The number of nitrogens with zero attached hydrogens (tertiary/aromatic N) is 1. The number of hydrogen-bond donors (Lipinski definition) is 2. The van der Waals surface area contributed by atoms with Gasteiger partial charge in [-0.15, -0.1) is 0 Å². The number of urea groups is 1. The Kier molecular flexibility index (Phi) is 1.81. The first-order chi connectivity index (χ1) is 6.27. The summed E-state index contributed by atoms with van der Waals surface area (Å²) >= 11 is 0. The maximum atomic E-state index is 11.3. The number of nitrogens with two attached hydrogens (primary N) is 1. The number of rotatable bonds is 1. The summed E-state index contributed by atoms with van der Waals surface area (Å²) in [6, 6.07) is 7.27. The summed E-state index contributed by atoms with van der Waals surface area (Å²) in [6.45, 7) is 1.41. The van der Waals surface area contributed by atoms with Gasteiger partial charge in [0.2, 0.25) is 0 Å². The molecular weight excluding hydrogens is 166 g/mol. The van der Waals surface area contributed by atoms with Crippen LogP contribution in [0.5, 0.6) is 0 Å². The molecule has 0 spiro atoms. The fourth-order valence-corrected chi connectivity index (χ4v) is 1.41. The molecule has 1 aliphatic rings. The molecule has 0 saturated carbocycles. The third kappa shape index (κ3) is 1.42. The molecule has 0 unspecified atom stereocenters. The smallest absolute Gasteiger partial charge is 0.321 e. The third-order valence-electron chi connectivity index (χ3n) is 2.04. The second-order valence-electron chi connectivity index (χ2n) is 2.98. The highest BCUT2D eigenvalue weighted by atomic mass is 16.2. The van der Waals surface area contributed by atoms with E-state index in [4.69, 9.17) is 5.73 Å². The van der Waals surface area contributed by atoms with Gasteiger partial charge in [-0.3, -0.25) is 4.90 Å². The van der Waals surface area contributed by atoms with Crippen molar-refractivity contribution in [3.05, 3.63) is 24.3 Å². The van der Waals surface area contributed by atoms with Gasteiger partial charge >= 0.3 is 6.03 Å². The van der Waals surface area contributed by atoms with E-state index in [0.717, 1.165) is 5.69 Å². The van der Waals surface area contributed by atoms with E-state index in [9.17, 15) is 4.79 Å². The van der Waals surface area contributed by atoms with Crippen LogP contribution in [0.4, 0.5) is 16.2 Å². The normalized spacial score (nSPS) is 16.0. The van der Waals surface area contributed by atoms with Crippen LogP contribution in [-0.2, 0) is 0 Å². The van der Waals surface area contributed by atoms with Gasteiger partial charge in [0.1, 0.15) is 0 Å². The molecule has 13 heavy (non-hydrogen) atoms. The maximum Gasteiger partial charge on any atom is 0.321 e. The molecule has 0 radical (unpaired) electrons. The minimum atomic E-state index is -0.0504. The zero-order chi connectivity index (χ0) is 9.26. The SMILES string of the molecule is Nc1cccc(N2CCNC2=O)c1. The lowest BCUT2D eigenvalue weighted by Crippen LogP contribution is -2.27. The van der Waals surface area contributed by atoms with Crippen molar-refractivity contribution in [1.29, 1.82) is 0 Å². The lowest BCUT2D eigenvalue weighted by molar-refractivity contribution is 0.252. The average molecular weight is 177 g/mol. The van der Waals surface area contributed by atoms with E-state index in [1.54, 1.807) is 17.0 Å². The third-order valence-corrected chi connectivity index (χ3v) is 2.04. The minimum Gasteiger partial charge on any atom is -0.399 e. The number of hydrogen-bond acceptors (Lipinski definition) is 2. The molecule has 0 atom stereocenters. The van der Waals surface area contributed by atoms with Gasteiger partial charge < -0.3 is 11.1 Å². The zero-order valence-corrected chi connectivity index (χ0v) is 7.16. The second kappa shape index (κ2) is 2.97. The van der Waals surface area contributed by atoms with Gasteiger partial charge in [0.15, 0.2) is 0 Å². The Labute approximate surface area is 76.3 Å². The summed E-state index contributed by atoms with van der Waals surface area (Å²) < 4.78 is 0. The Morgan fingerprint density at radius 3 is 2.92 bits per heavy atom. The molecule has 1 fully saturated rings. The quantitative estimate of drug-likeness (QED) is 0.623. The van der Waals surface area contributed by atoms with Crippen LogP contribution in [0.15, 0.2) is 24.3 Å². The topological polar surface area (TPSA) is 58.4 Å². The lowest BCUT2D eigenvalue weighted by atomic mass is 10.2. The van der Waals surface area contributed by atoms with Crippen molar-refractivity contribution in [1.82, 2.24) is 5.32 Å². The van der Waals surface area contributed by atoms with Crippen molar-refractivity contribution >= 4 is 17.4 Å². The maximum absolute atomic E-state index is 11.3. The summed E-state index contributed by atoms with van der Waals surface area (Å²) in [5.74, 6) is 0. The minimum absolute atomic E-state index is 0.0504. The highest BCUT2D eigenvalue weighted by Gasteiger charge is 2.20. The van der Waals surface area contributed by atoms with Crippen LogP contribution in [0.2, 0.25) is 0 Å². The number of amides is 2. The highest BCUT2D eigenvalue weighted by Crippen LogP contribution is 2.18. The van der Waals surface area contributed by atoms with E-state index >= 15 is 0 Å². The molecule has 2 amide bonds. The second-order valence-corrected chi connectivity index (χ2v) is 2.98. The van der Waals surface area contributed by atoms with Crippen LogP contribution in [0.1, 0.15) is 0 Å². The predicted molar refractivity (Wildman–Crippen MR) is 51.6 cm³/mol. The van der Waals surface area contributed by atoms with Crippen LogP contribution in [0.3, 0.4) is 0 Å². The summed E-state index contributed by atoms with van der Waals surface area (Å²) in [6.07, 6.45) is 0. The number of anilines is 2. The number of nitrogen functional groups attached to an aromatic ring is 1. The van der Waals surface area contributed by atoms with Crippen LogP contribution in [0.25, 0.3) is 0 Å². The molecule has 0 aliphatic carbocycles. The molecule has 68 valence electrons. The Morgan fingerprint density at radius 2 is 2.31 bits per heavy atom. The molecule has 4 heteroatoms. The van der Waals surface area contributed by atoms with Gasteiger partial charge in [0.05, 0.1) is 0 Å². The summed E-state index contributed by atoms with van der Waals surface area (Å²) in [7, 11) is 0. The predicted octanol–water partition coefficient (Wildman–Crippen LogP) is 0.798. The number of nitrogens with one attached hydrogen (secondary N) is 1. The van der Waals surface area contributed by atoms with Crippen molar-refractivity contribution in [3.8, 4) is 0 Å². The van der Waals surface area contributed by atoms with Crippen molar-refractivity contribution in [2.24, 2.45) is 0 Å². The van der Waals surface area contributed by atoms with Crippen LogP contribution in [-0.4, -0.2) is 19.1 Å². The molecule has 0 bridgehead atoms. The first-order valence-corrected chi connectivity index (χ1v) is 4.18. The molecule has 1 aliphatic heterocycles. The lowest BCUT2D eigenvalue weighted by Gasteiger charge is -2.13. The molecule has 1 aromatic carbocycles. The van der Waals surface area contributed by atoms with E-state index in [-0.39, 0.29) is 6.03 Å². The summed E-state index contributed by atoms with van der Waals surface area (Å²) in [5.41, 5.74) is 7.15. The first kappa shape index (κ1) is 7.91. The monoisotopic (exact) mass is 177 g/mol. The van der Waals surface area contributed by atoms with Crippen LogP contribution >= 0.6 is 0 Å². The van der Waals surface area contributed by atoms with Gasteiger partial charge in [0.25, 0.3) is 0 Å². The van der Waals surface area contributed by atoms with Gasteiger partial charge in [-0.1, -0.05) is 6.07 Å². The molecule has 4 nitrogen and oxygen atoms in total. The molecule has 0 aromatic heterocycles. The average Bonchev–Trinajstić information content (AvgIpc) is 2.51. The van der Waals surface area contributed by atoms with Gasteiger partial charge in [-0.25, -0.2) is 4.79 Å². The van der Waals surface area contributed by atoms with Gasteiger partial charge in [-0.05, 0) is 18.2 Å². The van der Waals surface area contributed by atoms with Gasteiger partial charge in [0, 0.05) is 24.5 Å². The summed E-state index contributed by atoms with van der Waals surface area (Å²) in [4.78, 5) is 12.9. The highest BCUT2D eigenvalue weighted by molar-refractivity contribution is 5.94. The van der Waals surface area contributed by atoms with Crippen molar-refractivity contribution in [3.63, 3.8) is 0 Å². The molecule has 1 saturated heterocycles. The molecule has 3 N–H and O–H groups in total. The van der Waals surface area contributed by atoms with E-state index < -0.39 is 0 Å². The van der Waals surface area contributed by atoms with Crippen molar-refractivity contribution < 1.29 is 4.79 Å². The van der Waals surface area contributed by atoms with E-state index in [0.29, 0.717) is 18.8 Å². The Hall–Kier alpha value is -1.71. The number of carbonyl (C=O) groups excluding carboxylic acids is 1. The van der Waals surface area contributed by atoms with Crippen LogP contribution < -0.4 is 16.0 Å².